The van der Waals surface area contributed by atoms with Crippen molar-refractivity contribution in [2.75, 3.05) is 18.0 Å². The first-order chi connectivity index (χ1) is 15.4. The zero-order valence-electron chi connectivity index (χ0n) is 17.5. The average molecular weight is 443 g/mol. The maximum atomic E-state index is 13.5. The fourth-order valence-corrected chi connectivity index (χ4v) is 4.11. The van der Waals surface area contributed by atoms with Crippen LogP contribution in [0.5, 0.6) is 0 Å². The van der Waals surface area contributed by atoms with Gasteiger partial charge in [-0.1, -0.05) is 30.3 Å². The van der Waals surface area contributed by atoms with Gasteiger partial charge in [0.2, 0.25) is 5.91 Å². The molecule has 32 heavy (non-hydrogen) atoms. The first-order valence-corrected chi connectivity index (χ1v) is 10.5. The maximum Gasteiger partial charge on any atom is 0.419 e. The van der Waals surface area contributed by atoms with Crippen molar-refractivity contribution >= 4 is 11.7 Å². The van der Waals surface area contributed by atoms with Gasteiger partial charge in [-0.25, -0.2) is 4.98 Å². The second kappa shape index (κ2) is 9.46. The molecule has 1 aromatic carbocycles. The predicted octanol–water partition coefficient (Wildman–Crippen LogP) is 5.14. The second-order valence-electron chi connectivity index (χ2n) is 7.92. The molecule has 4 rings (SSSR count). The van der Waals surface area contributed by atoms with E-state index in [2.05, 4.69) is 4.98 Å². The molecule has 0 bridgehead atoms. The van der Waals surface area contributed by atoms with E-state index in [0.717, 1.165) is 11.6 Å². The van der Waals surface area contributed by atoms with Crippen molar-refractivity contribution in [2.24, 2.45) is 5.92 Å². The Bertz CT molecular complexity index is 1020. The van der Waals surface area contributed by atoms with Crippen LogP contribution in [0.4, 0.5) is 19.0 Å². The van der Waals surface area contributed by atoms with E-state index in [0.29, 0.717) is 38.2 Å². The summed E-state index contributed by atoms with van der Waals surface area (Å²) in [6.07, 6.45) is -0.354. The molecule has 1 amide bonds. The normalized spacial score (nSPS) is 16.7. The van der Waals surface area contributed by atoms with Crippen molar-refractivity contribution in [1.29, 1.82) is 0 Å². The number of hydrogen-bond donors (Lipinski definition) is 0. The van der Waals surface area contributed by atoms with Crippen LogP contribution in [0, 0.1) is 5.92 Å². The Labute approximate surface area is 184 Å². The topological polar surface area (TPSA) is 49.6 Å². The Morgan fingerprint density at radius 1 is 1.09 bits per heavy atom. The highest BCUT2D eigenvalue weighted by atomic mass is 19.4. The molecule has 3 heterocycles. The summed E-state index contributed by atoms with van der Waals surface area (Å²) in [5.74, 6) is 0.0223. The van der Waals surface area contributed by atoms with Gasteiger partial charge in [-0.15, -0.1) is 0 Å². The Morgan fingerprint density at radius 3 is 2.62 bits per heavy atom. The SMILES string of the molecule is O=C(C1CCCN(c2ncccc2C(F)(F)F)C1)N(Cc1ccccc1)Cc1ccco1. The van der Waals surface area contributed by atoms with Crippen LogP contribution in [-0.2, 0) is 24.1 Å². The van der Waals surface area contributed by atoms with Crippen LogP contribution in [0.25, 0.3) is 0 Å². The van der Waals surface area contributed by atoms with Crippen LogP contribution >= 0.6 is 0 Å². The van der Waals surface area contributed by atoms with Crippen LogP contribution in [0.15, 0.2) is 71.5 Å². The quantitative estimate of drug-likeness (QED) is 0.530. The molecular weight excluding hydrogens is 419 g/mol. The summed E-state index contributed by atoms with van der Waals surface area (Å²) in [6, 6.07) is 15.5. The molecule has 1 aliphatic heterocycles. The van der Waals surface area contributed by atoms with E-state index >= 15 is 0 Å². The third-order valence-electron chi connectivity index (χ3n) is 5.62. The van der Waals surface area contributed by atoms with Gasteiger partial charge in [0.15, 0.2) is 0 Å². The molecule has 0 radical (unpaired) electrons. The smallest absolute Gasteiger partial charge is 0.419 e. The summed E-state index contributed by atoms with van der Waals surface area (Å²) in [7, 11) is 0. The fraction of sp³-hybridized carbons (Fsp3) is 0.333. The summed E-state index contributed by atoms with van der Waals surface area (Å²) in [6.45, 7) is 1.33. The van der Waals surface area contributed by atoms with Crippen molar-refractivity contribution in [3.8, 4) is 0 Å². The zero-order chi connectivity index (χ0) is 22.6. The molecule has 2 aromatic heterocycles. The molecule has 0 aliphatic carbocycles. The van der Waals surface area contributed by atoms with Gasteiger partial charge in [0, 0.05) is 25.8 Å². The summed E-state index contributed by atoms with van der Waals surface area (Å²) in [5, 5.41) is 0. The molecule has 0 N–H and O–H groups in total. The average Bonchev–Trinajstić information content (AvgIpc) is 3.32. The lowest BCUT2D eigenvalue weighted by atomic mass is 9.95. The number of alkyl halides is 3. The van der Waals surface area contributed by atoms with Crippen LogP contribution in [0.3, 0.4) is 0 Å². The minimum atomic E-state index is -4.50. The maximum absolute atomic E-state index is 13.5. The minimum Gasteiger partial charge on any atom is -0.467 e. The van der Waals surface area contributed by atoms with Gasteiger partial charge in [-0.3, -0.25) is 4.79 Å². The van der Waals surface area contributed by atoms with E-state index in [9.17, 15) is 18.0 Å². The van der Waals surface area contributed by atoms with E-state index in [1.54, 1.807) is 22.1 Å². The van der Waals surface area contributed by atoms with Gasteiger partial charge in [-0.2, -0.15) is 13.2 Å². The van der Waals surface area contributed by atoms with E-state index in [4.69, 9.17) is 4.42 Å². The number of carbonyl (C=O) groups is 1. The number of anilines is 1. The van der Waals surface area contributed by atoms with Crippen molar-refractivity contribution in [1.82, 2.24) is 9.88 Å². The number of aromatic nitrogens is 1. The van der Waals surface area contributed by atoms with E-state index in [-0.39, 0.29) is 18.3 Å². The summed E-state index contributed by atoms with van der Waals surface area (Å²) < 4.78 is 45.9. The molecule has 0 spiro atoms. The van der Waals surface area contributed by atoms with Gasteiger partial charge in [-0.05, 0) is 42.7 Å². The lowest BCUT2D eigenvalue weighted by Crippen LogP contribution is -2.45. The third-order valence-corrected chi connectivity index (χ3v) is 5.62. The van der Waals surface area contributed by atoms with Crippen molar-refractivity contribution in [2.45, 2.75) is 32.1 Å². The Hall–Kier alpha value is -3.29. The van der Waals surface area contributed by atoms with Crippen molar-refractivity contribution in [3.63, 3.8) is 0 Å². The van der Waals surface area contributed by atoms with Gasteiger partial charge in [0.05, 0.1) is 24.3 Å². The highest BCUT2D eigenvalue weighted by molar-refractivity contribution is 5.80. The second-order valence-corrected chi connectivity index (χ2v) is 7.92. The van der Waals surface area contributed by atoms with E-state index in [1.165, 1.54) is 12.3 Å². The Kier molecular flexibility index (Phi) is 6.48. The Balaban J connectivity index is 1.55. The van der Waals surface area contributed by atoms with Crippen LogP contribution in [0.1, 0.15) is 29.7 Å². The van der Waals surface area contributed by atoms with Gasteiger partial charge in [0.1, 0.15) is 11.6 Å². The zero-order valence-corrected chi connectivity index (χ0v) is 17.5. The lowest BCUT2D eigenvalue weighted by molar-refractivity contribution is -0.137. The molecular formula is C24H24F3N3O2. The van der Waals surface area contributed by atoms with Crippen LogP contribution in [-0.4, -0.2) is 28.9 Å². The highest BCUT2D eigenvalue weighted by Crippen LogP contribution is 2.36. The lowest BCUT2D eigenvalue weighted by Gasteiger charge is -2.36. The number of piperidine rings is 1. The molecule has 5 nitrogen and oxygen atoms in total. The summed E-state index contributed by atoms with van der Waals surface area (Å²) in [5.41, 5.74) is 0.203. The number of pyridine rings is 1. The Morgan fingerprint density at radius 2 is 1.91 bits per heavy atom. The van der Waals surface area contributed by atoms with Crippen molar-refractivity contribution in [3.05, 3.63) is 83.9 Å². The number of hydrogen-bond acceptors (Lipinski definition) is 4. The molecule has 1 fully saturated rings. The molecule has 1 atom stereocenters. The molecule has 168 valence electrons. The predicted molar refractivity (Wildman–Crippen MR) is 114 cm³/mol. The summed E-state index contributed by atoms with van der Waals surface area (Å²) >= 11 is 0. The largest absolute Gasteiger partial charge is 0.467 e. The number of carbonyl (C=O) groups excluding carboxylic acids is 1. The fourth-order valence-electron chi connectivity index (χ4n) is 4.11. The number of rotatable bonds is 6. The van der Waals surface area contributed by atoms with Gasteiger partial charge >= 0.3 is 6.18 Å². The minimum absolute atomic E-state index is 0.0977. The molecule has 1 unspecified atom stereocenters. The number of nitrogens with zero attached hydrogens (tertiary/aromatic N) is 3. The van der Waals surface area contributed by atoms with E-state index in [1.807, 2.05) is 36.4 Å². The third kappa shape index (κ3) is 5.12. The molecule has 0 saturated carbocycles. The standard InChI is InChI=1S/C24H24F3N3O2/c25-24(26,27)21-11-4-12-28-22(21)29-13-5-9-19(16-29)23(31)30(17-20-10-6-14-32-20)15-18-7-2-1-3-8-18/h1-4,6-8,10-12,14,19H,5,9,13,15-17H2. The van der Waals surface area contributed by atoms with E-state index < -0.39 is 17.7 Å². The number of halogens is 3. The van der Waals surface area contributed by atoms with Gasteiger partial charge in [0.25, 0.3) is 0 Å². The van der Waals surface area contributed by atoms with Crippen LogP contribution < -0.4 is 4.90 Å². The number of amides is 1. The van der Waals surface area contributed by atoms with Gasteiger partial charge < -0.3 is 14.2 Å². The highest BCUT2D eigenvalue weighted by Gasteiger charge is 2.38. The molecule has 8 heteroatoms. The number of benzene rings is 1. The first kappa shape index (κ1) is 21.9. The molecule has 3 aromatic rings. The van der Waals surface area contributed by atoms with Crippen molar-refractivity contribution < 1.29 is 22.4 Å². The number of furan rings is 1. The molecule has 1 saturated heterocycles. The summed E-state index contributed by atoms with van der Waals surface area (Å²) in [4.78, 5) is 20.8. The van der Waals surface area contributed by atoms with Crippen LogP contribution in [0.2, 0.25) is 0 Å². The monoisotopic (exact) mass is 443 g/mol. The molecule has 1 aliphatic rings. The first-order valence-electron chi connectivity index (χ1n) is 10.5.